The Bertz CT molecular complexity index is 580. The Balaban J connectivity index is 2.11. The first-order chi connectivity index (χ1) is 8.58. The number of rotatable bonds is 4. The van der Waals surface area contributed by atoms with Gasteiger partial charge in [-0.25, -0.2) is 4.79 Å². The molecule has 94 valence electrons. The maximum Gasteiger partial charge on any atom is 0.335 e. The van der Waals surface area contributed by atoms with Gasteiger partial charge in [-0.1, -0.05) is 0 Å². The fourth-order valence-electron chi connectivity index (χ4n) is 1.55. The lowest BCUT2D eigenvalue weighted by molar-refractivity contribution is 0.0697. The van der Waals surface area contributed by atoms with Gasteiger partial charge in [-0.15, -0.1) is 11.3 Å². The topological polar surface area (TPSA) is 49.3 Å². The summed E-state index contributed by atoms with van der Waals surface area (Å²) in [7, 11) is 0. The summed E-state index contributed by atoms with van der Waals surface area (Å²) in [6.07, 6.45) is 0. The number of aromatic carboxylic acids is 1. The number of anilines is 1. The monoisotopic (exact) mass is 325 g/mol. The third-order valence-corrected chi connectivity index (χ3v) is 4.30. The molecule has 0 aliphatic heterocycles. The highest BCUT2D eigenvalue weighted by Crippen LogP contribution is 2.25. The number of aryl methyl sites for hydroxylation is 1. The van der Waals surface area contributed by atoms with E-state index in [1.165, 1.54) is 10.4 Å². The maximum atomic E-state index is 10.8. The van der Waals surface area contributed by atoms with Gasteiger partial charge < -0.3 is 10.4 Å². The average molecular weight is 326 g/mol. The molecule has 3 nitrogen and oxygen atoms in total. The maximum absolute atomic E-state index is 10.8. The number of carboxylic acid groups (broad SMARTS) is 1. The number of hydrogen-bond donors (Lipinski definition) is 2. The standard InChI is InChI=1S/C13H12BrNO2S/c1-8-4-5-18-12(8)7-15-11-3-2-9(13(16)17)6-10(11)14/h2-6,15H,7H2,1H3,(H,16,17). The summed E-state index contributed by atoms with van der Waals surface area (Å²) in [5.74, 6) is -0.920. The second-order valence-corrected chi connectivity index (χ2v) is 5.74. The van der Waals surface area contributed by atoms with Crippen molar-refractivity contribution in [2.45, 2.75) is 13.5 Å². The molecule has 0 aliphatic carbocycles. The summed E-state index contributed by atoms with van der Waals surface area (Å²) in [5, 5.41) is 14.2. The number of benzene rings is 1. The van der Waals surface area contributed by atoms with Crippen molar-refractivity contribution in [2.75, 3.05) is 5.32 Å². The Hall–Kier alpha value is -1.33. The van der Waals surface area contributed by atoms with Crippen molar-refractivity contribution in [3.05, 3.63) is 50.1 Å². The average Bonchev–Trinajstić information content (AvgIpc) is 2.73. The Morgan fingerprint density at radius 3 is 2.78 bits per heavy atom. The minimum Gasteiger partial charge on any atom is -0.478 e. The fraction of sp³-hybridized carbons (Fsp3) is 0.154. The minimum atomic E-state index is -0.920. The van der Waals surface area contributed by atoms with Gasteiger partial charge in [0, 0.05) is 21.6 Å². The van der Waals surface area contributed by atoms with Gasteiger partial charge in [0.2, 0.25) is 0 Å². The van der Waals surface area contributed by atoms with E-state index in [0.29, 0.717) is 0 Å². The second-order valence-electron chi connectivity index (χ2n) is 3.88. The van der Waals surface area contributed by atoms with Crippen LogP contribution in [0.1, 0.15) is 20.8 Å². The van der Waals surface area contributed by atoms with E-state index in [1.54, 1.807) is 29.5 Å². The predicted molar refractivity (Wildman–Crippen MR) is 77.5 cm³/mol. The normalized spacial score (nSPS) is 10.3. The molecular formula is C13H12BrNO2S. The molecule has 0 spiro atoms. The van der Waals surface area contributed by atoms with Gasteiger partial charge in [0.15, 0.2) is 0 Å². The summed E-state index contributed by atoms with van der Waals surface area (Å²) >= 11 is 5.09. The van der Waals surface area contributed by atoms with Crippen LogP contribution in [0.3, 0.4) is 0 Å². The summed E-state index contributed by atoms with van der Waals surface area (Å²) in [5.41, 5.74) is 2.44. The van der Waals surface area contributed by atoms with E-state index in [4.69, 9.17) is 5.11 Å². The lowest BCUT2D eigenvalue weighted by Crippen LogP contribution is -2.01. The van der Waals surface area contributed by atoms with Crippen molar-refractivity contribution in [3.8, 4) is 0 Å². The molecule has 5 heteroatoms. The van der Waals surface area contributed by atoms with Crippen LogP contribution in [0.4, 0.5) is 5.69 Å². The fourth-order valence-corrected chi connectivity index (χ4v) is 2.92. The van der Waals surface area contributed by atoms with Crippen LogP contribution in [0.15, 0.2) is 34.1 Å². The molecule has 1 aromatic heterocycles. The van der Waals surface area contributed by atoms with Gasteiger partial charge in [0.25, 0.3) is 0 Å². The molecule has 0 saturated carbocycles. The summed E-state index contributed by atoms with van der Waals surface area (Å²) < 4.78 is 0.761. The van der Waals surface area contributed by atoms with E-state index in [2.05, 4.69) is 39.6 Å². The SMILES string of the molecule is Cc1ccsc1CNc1ccc(C(=O)O)cc1Br. The van der Waals surface area contributed by atoms with Crippen LogP contribution in [-0.2, 0) is 6.54 Å². The van der Waals surface area contributed by atoms with Crippen molar-refractivity contribution in [2.24, 2.45) is 0 Å². The smallest absolute Gasteiger partial charge is 0.335 e. The van der Waals surface area contributed by atoms with Gasteiger partial charge in [-0.05, 0) is 58.1 Å². The molecule has 1 heterocycles. The van der Waals surface area contributed by atoms with Gasteiger partial charge >= 0.3 is 5.97 Å². The molecule has 1 aromatic carbocycles. The van der Waals surface area contributed by atoms with Crippen LogP contribution in [-0.4, -0.2) is 11.1 Å². The molecule has 0 fully saturated rings. The molecule has 0 amide bonds. The van der Waals surface area contributed by atoms with Gasteiger partial charge in [0.05, 0.1) is 5.56 Å². The molecule has 0 atom stereocenters. The molecule has 2 N–H and O–H groups in total. The van der Waals surface area contributed by atoms with Crippen molar-refractivity contribution in [3.63, 3.8) is 0 Å². The molecule has 0 bridgehead atoms. The molecule has 0 saturated heterocycles. The predicted octanol–water partition coefficient (Wildman–Crippen LogP) is 4.13. The Morgan fingerprint density at radius 2 is 2.22 bits per heavy atom. The third kappa shape index (κ3) is 2.91. The van der Waals surface area contributed by atoms with Crippen molar-refractivity contribution >= 4 is 38.9 Å². The molecular weight excluding hydrogens is 314 g/mol. The zero-order valence-electron chi connectivity index (χ0n) is 9.74. The first kappa shape index (κ1) is 13.1. The van der Waals surface area contributed by atoms with Gasteiger partial charge in [0.1, 0.15) is 0 Å². The quantitative estimate of drug-likeness (QED) is 0.888. The highest BCUT2D eigenvalue weighted by atomic mass is 79.9. The van der Waals surface area contributed by atoms with E-state index >= 15 is 0 Å². The summed E-state index contributed by atoms with van der Waals surface area (Å²) in [4.78, 5) is 12.1. The number of halogens is 1. The number of nitrogens with one attached hydrogen (secondary N) is 1. The van der Waals surface area contributed by atoms with Crippen molar-refractivity contribution < 1.29 is 9.90 Å². The summed E-state index contributed by atoms with van der Waals surface area (Å²) in [6, 6.07) is 7.06. The summed E-state index contributed by atoms with van der Waals surface area (Å²) in [6.45, 7) is 2.82. The van der Waals surface area contributed by atoms with E-state index in [0.717, 1.165) is 16.7 Å². The van der Waals surface area contributed by atoms with Crippen LogP contribution >= 0.6 is 27.3 Å². The lowest BCUT2D eigenvalue weighted by atomic mass is 10.2. The Kier molecular flexibility index (Phi) is 4.04. The van der Waals surface area contributed by atoms with Crippen molar-refractivity contribution in [1.29, 1.82) is 0 Å². The highest BCUT2D eigenvalue weighted by Gasteiger charge is 2.07. The van der Waals surface area contributed by atoms with E-state index in [9.17, 15) is 4.79 Å². The van der Waals surface area contributed by atoms with E-state index in [-0.39, 0.29) is 5.56 Å². The molecule has 2 aromatic rings. The number of thiophene rings is 1. The van der Waals surface area contributed by atoms with E-state index in [1.807, 2.05) is 0 Å². The van der Waals surface area contributed by atoms with Gasteiger partial charge in [-0.2, -0.15) is 0 Å². The molecule has 0 aliphatic rings. The van der Waals surface area contributed by atoms with Crippen LogP contribution in [0.2, 0.25) is 0 Å². The minimum absolute atomic E-state index is 0.278. The largest absolute Gasteiger partial charge is 0.478 e. The first-order valence-electron chi connectivity index (χ1n) is 5.37. The number of carbonyl (C=O) groups is 1. The molecule has 0 unspecified atom stereocenters. The second kappa shape index (κ2) is 5.54. The zero-order chi connectivity index (χ0) is 13.1. The van der Waals surface area contributed by atoms with Crippen LogP contribution < -0.4 is 5.32 Å². The molecule has 18 heavy (non-hydrogen) atoms. The molecule has 0 radical (unpaired) electrons. The van der Waals surface area contributed by atoms with Crippen molar-refractivity contribution in [1.82, 2.24) is 0 Å². The Labute approximate surface area is 118 Å². The van der Waals surface area contributed by atoms with Crippen LogP contribution in [0, 0.1) is 6.92 Å². The van der Waals surface area contributed by atoms with Crippen LogP contribution in [0.5, 0.6) is 0 Å². The Morgan fingerprint density at radius 1 is 1.44 bits per heavy atom. The van der Waals surface area contributed by atoms with Crippen LogP contribution in [0.25, 0.3) is 0 Å². The lowest BCUT2D eigenvalue weighted by Gasteiger charge is -2.08. The molecule has 2 rings (SSSR count). The number of hydrogen-bond acceptors (Lipinski definition) is 3. The first-order valence-corrected chi connectivity index (χ1v) is 7.05. The van der Waals surface area contributed by atoms with Gasteiger partial charge in [-0.3, -0.25) is 0 Å². The third-order valence-electron chi connectivity index (χ3n) is 2.62. The zero-order valence-corrected chi connectivity index (χ0v) is 12.1. The van der Waals surface area contributed by atoms with E-state index < -0.39 is 5.97 Å². The highest BCUT2D eigenvalue weighted by molar-refractivity contribution is 9.10. The number of carboxylic acids is 1.